The Hall–Kier alpha value is -1.10. The van der Waals surface area contributed by atoms with Crippen molar-refractivity contribution in [3.05, 3.63) is 0 Å². The van der Waals surface area contributed by atoms with Gasteiger partial charge < -0.3 is 14.6 Å². The van der Waals surface area contributed by atoms with E-state index in [0.717, 1.165) is 38.5 Å². The highest BCUT2D eigenvalue weighted by Crippen LogP contribution is 2.58. The summed E-state index contributed by atoms with van der Waals surface area (Å²) in [5.74, 6) is -1.15. The van der Waals surface area contributed by atoms with E-state index in [1.807, 2.05) is 0 Å². The lowest BCUT2D eigenvalue weighted by atomic mass is 9.79. The van der Waals surface area contributed by atoms with Gasteiger partial charge >= 0.3 is 11.9 Å². The second-order valence-corrected chi connectivity index (χ2v) is 6.28. The van der Waals surface area contributed by atoms with Crippen LogP contribution in [0.2, 0.25) is 0 Å². The Morgan fingerprint density at radius 2 is 1.90 bits per heavy atom. The Morgan fingerprint density at radius 1 is 1.24 bits per heavy atom. The van der Waals surface area contributed by atoms with Crippen molar-refractivity contribution in [2.75, 3.05) is 6.61 Å². The van der Waals surface area contributed by atoms with Crippen LogP contribution in [0.3, 0.4) is 0 Å². The van der Waals surface area contributed by atoms with Gasteiger partial charge in [-0.25, -0.2) is 9.59 Å². The van der Waals surface area contributed by atoms with Crippen molar-refractivity contribution in [3.8, 4) is 0 Å². The van der Waals surface area contributed by atoms with Crippen molar-refractivity contribution in [3.63, 3.8) is 0 Å². The largest absolute Gasteiger partial charge is 0.479 e. The molecule has 2 aliphatic rings. The molecule has 1 aliphatic heterocycles. The molecule has 21 heavy (non-hydrogen) atoms. The van der Waals surface area contributed by atoms with Crippen molar-refractivity contribution < 1.29 is 24.2 Å². The molecule has 0 spiro atoms. The number of aliphatic carboxylic acids is 1. The fourth-order valence-corrected chi connectivity index (χ4v) is 3.37. The molecule has 0 aromatic rings. The van der Waals surface area contributed by atoms with E-state index in [9.17, 15) is 14.7 Å². The van der Waals surface area contributed by atoms with Crippen LogP contribution in [0.15, 0.2) is 0 Å². The van der Waals surface area contributed by atoms with Gasteiger partial charge in [0.1, 0.15) is 0 Å². The Balaban J connectivity index is 1.93. The second kappa shape index (κ2) is 6.34. The fraction of sp³-hybridized carbons (Fsp3) is 0.875. The normalized spacial score (nSPS) is 32.1. The summed E-state index contributed by atoms with van der Waals surface area (Å²) >= 11 is 0. The van der Waals surface area contributed by atoms with E-state index in [1.54, 1.807) is 0 Å². The predicted octanol–water partition coefficient (Wildman–Crippen LogP) is 2.91. The van der Waals surface area contributed by atoms with Crippen molar-refractivity contribution in [2.24, 2.45) is 5.92 Å². The summed E-state index contributed by atoms with van der Waals surface area (Å²) in [7, 11) is 0. The zero-order chi connectivity index (χ0) is 15.5. The molecule has 0 amide bonds. The molecule has 120 valence electrons. The smallest absolute Gasteiger partial charge is 0.342 e. The highest BCUT2D eigenvalue weighted by molar-refractivity contribution is 5.97. The topological polar surface area (TPSA) is 76.1 Å². The van der Waals surface area contributed by atoms with E-state index in [0.29, 0.717) is 25.4 Å². The van der Waals surface area contributed by atoms with Crippen LogP contribution in [-0.4, -0.2) is 34.9 Å². The first-order valence-corrected chi connectivity index (χ1v) is 8.13. The van der Waals surface area contributed by atoms with Gasteiger partial charge in [-0.2, -0.15) is 0 Å². The van der Waals surface area contributed by atoms with Gasteiger partial charge in [-0.3, -0.25) is 0 Å². The number of ether oxygens (including phenoxy) is 2. The first-order valence-electron chi connectivity index (χ1n) is 8.13. The van der Waals surface area contributed by atoms with E-state index in [2.05, 4.69) is 13.8 Å². The van der Waals surface area contributed by atoms with Crippen molar-refractivity contribution in [1.82, 2.24) is 0 Å². The zero-order valence-corrected chi connectivity index (χ0v) is 13.0. The number of carboxylic acids is 1. The molecule has 1 aliphatic carbocycles. The minimum atomic E-state index is -1.31. The minimum absolute atomic E-state index is 0.354. The lowest BCUT2D eigenvalue weighted by molar-refractivity contribution is -0.153. The number of carbonyl (C=O) groups excluding carboxylic acids is 1. The van der Waals surface area contributed by atoms with E-state index in [1.165, 1.54) is 0 Å². The van der Waals surface area contributed by atoms with Gasteiger partial charge in [-0.05, 0) is 38.0 Å². The van der Waals surface area contributed by atoms with Crippen LogP contribution < -0.4 is 0 Å². The summed E-state index contributed by atoms with van der Waals surface area (Å²) in [5.41, 5.74) is -2.52. The SMILES string of the molecule is CCCCC(CC)COC(=O)C12CCCCC1(C(=O)O)O2. The Morgan fingerprint density at radius 3 is 2.48 bits per heavy atom. The summed E-state index contributed by atoms with van der Waals surface area (Å²) in [6.07, 6.45) is 6.72. The summed E-state index contributed by atoms with van der Waals surface area (Å²) in [6, 6.07) is 0. The zero-order valence-electron chi connectivity index (χ0n) is 13.0. The molecule has 3 unspecified atom stereocenters. The lowest BCUT2D eigenvalue weighted by Gasteiger charge is -2.22. The lowest BCUT2D eigenvalue weighted by Crippen LogP contribution is -2.43. The third-order valence-electron chi connectivity index (χ3n) is 4.94. The fourth-order valence-electron chi connectivity index (χ4n) is 3.37. The van der Waals surface area contributed by atoms with Crippen LogP contribution in [-0.2, 0) is 19.1 Å². The van der Waals surface area contributed by atoms with Gasteiger partial charge in [-0.1, -0.05) is 33.1 Å². The number of carbonyl (C=O) groups is 2. The molecule has 0 bridgehead atoms. The predicted molar refractivity (Wildman–Crippen MR) is 76.9 cm³/mol. The van der Waals surface area contributed by atoms with Crippen LogP contribution in [0.5, 0.6) is 0 Å². The Bertz CT molecular complexity index is 407. The molecule has 5 nitrogen and oxygen atoms in total. The average Bonchev–Trinajstić information content (AvgIpc) is 3.19. The van der Waals surface area contributed by atoms with Crippen LogP contribution in [0, 0.1) is 5.92 Å². The number of fused-ring (bicyclic) bond motifs is 1. The molecule has 1 heterocycles. The monoisotopic (exact) mass is 298 g/mol. The van der Waals surface area contributed by atoms with E-state index in [-0.39, 0.29) is 0 Å². The molecular weight excluding hydrogens is 272 g/mol. The summed E-state index contributed by atoms with van der Waals surface area (Å²) < 4.78 is 10.9. The Labute approximate surface area is 126 Å². The molecule has 0 aromatic heterocycles. The van der Waals surface area contributed by atoms with Gasteiger partial charge in [0.15, 0.2) is 0 Å². The van der Waals surface area contributed by atoms with Crippen LogP contribution in [0.4, 0.5) is 0 Å². The molecule has 3 atom stereocenters. The van der Waals surface area contributed by atoms with Gasteiger partial charge in [0, 0.05) is 0 Å². The number of hydrogen-bond acceptors (Lipinski definition) is 4. The minimum Gasteiger partial charge on any atom is -0.479 e. The first kappa shape index (κ1) is 16.3. The highest BCUT2D eigenvalue weighted by Gasteiger charge is 2.80. The number of rotatable bonds is 8. The second-order valence-electron chi connectivity index (χ2n) is 6.28. The molecule has 2 rings (SSSR count). The van der Waals surface area contributed by atoms with Gasteiger partial charge in [0.05, 0.1) is 6.61 Å². The van der Waals surface area contributed by atoms with Crippen molar-refractivity contribution >= 4 is 11.9 Å². The molecule has 1 saturated carbocycles. The van der Waals surface area contributed by atoms with Gasteiger partial charge in [0.2, 0.25) is 11.2 Å². The number of hydrogen-bond donors (Lipinski definition) is 1. The maximum absolute atomic E-state index is 12.4. The summed E-state index contributed by atoms with van der Waals surface area (Å²) in [6.45, 7) is 4.59. The first-order chi connectivity index (χ1) is 10.0. The van der Waals surface area contributed by atoms with Crippen LogP contribution in [0.1, 0.15) is 65.2 Å². The molecule has 1 saturated heterocycles. The number of unbranched alkanes of at least 4 members (excludes halogenated alkanes) is 1. The average molecular weight is 298 g/mol. The third kappa shape index (κ3) is 2.80. The molecule has 1 N–H and O–H groups in total. The number of carboxylic acid groups (broad SMARTS) is 1. The van der Waals surface area contributed by atoms with E-state index >= 15 is 0 Å². The molecule has 0 aromatic carbocycles. The number of esters is 1. The maximum atomic E-state index is 12.4. The van der Waals surface area contributed by atoms with Crippen molar-refractivity contribution in [2.45, 2.75) is 76.4 Å². The number of epoxide rings is 1. The Kier molecular flexibility index (Phi) is 4.91. The van der Waals surface area contributed by atoms with Crippen molar-refractivity contribution in [1.29, 1.82) is 0 Å². The summed E-state index contributed by atoms with van der Waals surface area (Å²) in [4.78, 5) is 23.8. The highest BCUT2D eigenvalue weighted by atomic mass is 16.7. The molecule has 2 fully saturated rings. The molecular formula is C16H26O5. The molecule has 5 heteroatoms. The van der Waals surface area contributed by atoms with Crippen LogP contribution in [0.25, 0.3) is 0 Å². The standard InChI is InChI=1S/C16H26O5/c1-3-5-8-12(4-2)11-20-14(19)16-10-7-6-9-15(16,21-16)13(17)18/h12H,3-11H2,1-2H3,(H,17,18). The van der Waals surface area contributed by atoms with Gasteiger partial charge in [-0.15, -0.1) is 0 Å². The summed E-state index contributed by atoms with van der Waals surface area (Å²) in [5, 5.41) is 9.36. The van der Waals surface area contributed by atoms with E-state index < -0.39 is 23.1 Å². The maximum Gasteiger partial charge on any atom is 0.342 e. The molecule has 0 radical (unpaired) electrons. The van der Waals surface area contributed by atoms with E-state index in [4.69, 9.17) is 9.47 Å². The van der Waals surface area contributed by atoms with Gasteiger partial charge in [0.25, 0.3) is 0 Å². The quantitative estimate of drug-likeness (QED) is 0.551. The third-order valence-corrected chi connectivity index (χ3v) is 4.94. The van der Waals surface area contributed by atoms with Crippen LogP contribution >= 0.6 is 0 Å².